The van der Waals surface area contributed by atoms with E-state index in [4.69, 9.17) is 5.26 Å². The van der Waals surface area contributed by atoms with Crippen molar-refractivity contribution in [3.8, 4) is 6.07 Å². The SMILES string of the molecule is CC(C)C[C@H](NC(=O)c1ccc2cc3ccccc3cc2c1)C(=O)NCC#N. The molecular formula is C23H23N3O2. The van der Waals surface area contributed by atoms with Gasteiger partial charge in [-0.3, -0.25) is 9.59 Å². The standard InChI is InChI=1S/C23H23N3O2/c1-15(2)11-21(23(28)25-10-9-24)26-22(27)19-8-7-18-12-16-5-3-4-6-17(16)13-20(18)14-19/h3-8,12-15,21H,10-11H2,1-2H3,(H,25,28)(H,26,27)/t21-/m0/s1. The normalized spacial score (nSPS) is 11.9. The monoisotopic (exact) mass is 373 g/mol. The maximum Gasteiger partial charge on any atom is 0.251 e. The predicted molar refractivity (Wildman–Crippen MR) is 111 cm³/mol. The zero-order valence-electron chi connectivity index (χ0n) is 16.0. The smallest absolute Gasteiger partial charge is 0.251 e. The highest BCUT2D eigenvalue weighted by molar-refractivity contribution is 6.04. The quantitative estimate of drug-likeness (QED) is 0.510. The van der Waals surface area contributed by atoms with Crippen LogP contribution in [0.5, 0.6) is 0 Å². The molecule has 0 aliphatic heterocycles. The molecule has 3 aromatic rings. The van der Waals surface area contributed by atoms with Gasteiger partial charge in [0.1, 0.15) is 12.6 Å². The molecular weight excluding hydrogens is 350 g/mol. The van der Waals surface area contributed by atoms with Crippen LogP contribution in [0.3, 0.4) is 0 Å². The Morgan fingerprint density at radius 1 is 0.964 bits per heavy atom. The van der Waals surface area contributed by atoms with Gasteiger partial charge in [0.15, 0.2) is 0 Å². The van der Waals surface area contributed by atoms with Crippen LogP contribution >= 0.6 is 0 Å². The molecule has 5 heteroatoms. The number of nitrogens with one attached hydrogen (secondary N) is 2. The molecule has 0 spiro atoms. The summed E-state index contributed by atoms with van der Waals surface area (Å²) >= 11 is 0. The molecule has 28 heavy (non-hydrogen) atoms. The second kappa shape index (κ2) is 8.53. The topological polar surface area (TPSA) is 82.0 Å². The fourth-order valence-corrected chi connectivity index (χ4v) is 3.28. The Morgan fingerprint density at radius 2 is 1.61 bits per heavy atom. The number of benzene rings is 3. The van der Waals surface area contributed by atoms with Gasteiger partial charge in [-0.1, -0.05) is 44.2 Å². The van der Waals surface area contributed by atoms with E-state index in [2.05, 4.69) is 28.8 Å². The fourth-order valence-electron chi connectivity index (χ4n) is 3.28. The van der Waals surface area contributed by atoms with Gasteiger partial charge in [0.25, 0.3) is 5.91 Å². The van der Waals surface area contributed by atoms with Gasteiger partial charge in [-0.25, -0.2) is 0 Å². The Bertz CT molecular complexity index is 1070. The number of carbonyl (C=O) groups is 2. The molecule has 0 aromatic heterocycles. The average Bonchev–Trinajstić information content (AvgIpc) is 2.69. The predicted octanol–water partition coefficient (Wildman–Crippen LogP) is 3.78. The van der Waals surface area contributed by atoms with E-state index in [0.29, 0.717) is 12.0 Å². The highest BCUT2D eigenvalue weighted by Gasteiger charge is 2.22. The van der Waals surface area contributed by atoms with E-state index in [9.17, 15) is 9.59 Å². The zero-order valence-corrected chi connectivity index (χ0v) is 16.0. The third kappa shape index (κ3) is 4.47. The fraction of sp³-hybridized carbons (Fsp3) is 0.261. The number of carbonyl (C=O) groups excluding carboxylic acids is 2. The van der Waals surface area contributed by atoms with E-state index < -0.39 is 6.04 Å². The summed E-state index contributed by atoms with van der Waals surface area (Å²) < 4.78 is 0. The highest BCUT2D eigenvalue weighted by Crippen LogP contribution is 2.24. The van der Waals surface area contributed by atoms with Crippen molar-refractivity contribution in [2.24, 2.45) is 5.92 Å². The minimum absolute atomic E-state index is 0.0770. The third-order valence-corrected chi connectivity index (χ3v) is 4.64. The second-order valence-electron chi connectivity index (χ2n) is 7.29. The molecule has 0 saturated heterocycles. The summed E-state index contributed by atoms with van der Waals surface area (Å²) in [5.74, 6) is -0.413. The van der Waals surface area contributed by atoms with Crippen LogP contribution < -0.4 is 10.6 Å². The van der Waals surface area contributed by atoms with Crippen molar-refractivity contribution in [1.82, 2.24) is 10.6 Å². The first-order valence-corrected chi connectivity index (χ1v) is 9.36. The Morgan fingerprint density at radius 3 is 2.25 bits per heavy atom. The lowest BCUT2D eigenvalue weighted by Gasteiger charge is -2.19. The van der Waals surface area contributed by atoms with Gasteiger partial charge in [-0.15, -0.1) is 0 Å². The largest absolute Gasteiger partial charge is 0.341 e. The van der Waals surface area contributed by atoms with Gasteiger partial charge in [0, 0.05) is 5.56 Å². The van der Waals surface area contributed by atoms with Crippen molar-refractivity contribution in [2.45, 2.75) is 26.3 Å². The average molecular weight is 373 g/mol. The second-order valence-corrected chi connectivity index (χ2v) is 7.29. The molecule has 0 unspecified atom stereocenters. The molecule has 0 bridgehead atoms. The van der Waals surface area contributed by atoms with Crippen molar-refractivity contribution in [2.75, 3.05) is 6.54 Å². The summed E-state index contributed by atoms with van der Waals surface area (Å²) in [5, 5.41) is 18.3. The minimum Gasteiger partial charge on any atom is -0.341 e. The molecule has 0 radical (unpaired) electrons. The van der Waals surface area contributed by atoms with Crippen LogP contribution in [0.2, 0.25) is 0 Å². The molecule has 0 fully saturated rings. The molecule has 142 valence electrons. The lowest BCUT2D eigenvalue weighted by molar-refractivity contribution is -0.123. The Labute approximate surface area is 164 Å². The van der Waals surface area contributed by atoms with E-state index in [-0.39, 0.29) is 24.3 Å². The third-order valence-electron chi connectivity index (χ3n) is 4.64. The van der Waals surface area contributed by atoms with Crippen LogP contribution in [-0.2, 0) is 4.79 Å². The highest BCUT2D eigenvalue weighted by atomic mass is 16.2. The zero-order chi connectivity index (χ0) is 20.1. The van der Waals surface area contributed by atoms with Gasteiger partial charge >= 0.3 is 0 Å². The lowest BCUT2D eigenvalue weighted by atomic mass is 10.0. The van der Waals surface area contributed by atoms with E-state index in [1.165, 1.54) is 0 Å². The van der Waals surface area contributed by atoms with Crippen molar-refractivity contribution < 1.29 is 9.59 Å². The molecule has 5 nitrogen and oxygen atoms in total. The number of nitrogens with zero attached hydrogens (tertiary/aromatic N) is 1. The molecule has 2 N–H and O–H groups in total. The van der Waals surface area contributed by atoms with E-state index in [0.717, 1.165) is 21.5 Å². The van der Waals surface area contributed by atoms with Gasteiger partial charge < -0.3 is 10.6 Å². The molecule has 3 aromatic carbocycles. The summed E-state index contributed by atoms with van der Waals surface area (Å²) in [7, 11) is 0. The van der Waals surface area contributed by atoms with Crippen LogP contribution in [0.1, 0.15) is 30.6 Å². The van der Waals surface area contributed by atoms with Crippen molar-refractivity contribution in [1.29, 1.82) is 5.26 Å². The van der Waals surface area contributed by atoms with E-state index in [1.807, 2.05) is 50.2 Å². The molecule has 0 saturated carbocycles. The number of hydrogen-bond donors (Lipinski definition) is 2. The first-order valence-electron chi connectivity index (χ1n) is 9.36. The Balaban J connectivity index is 1.85. The number of hydrogen-bond acceptors (Lipinski definition) is 3. The maximum atomic E-state index is 12.8. The van der Waals surface area contributed by atoms with Crippen molar-refractivity contribution >= 4 is 33.4 Å². The van der Waals surface area contributed by atoms with Crippen molar-refractivity contribution in [3.63, 3.8) is 0 Å². The van der Waals surface area contributed by atoms with Crippen molar-refractivity contribution in [3.05, 3.63) is 60.2 Å². The van der Waals surface area contributed by atoms with E-state index in [1.54, 1.807) is 6.07 Å². The van der Waals surface area contributed by atoms with Gasteiger partial charge in [-0.2, -0.15) is 5.26 Å². The van der Waals surface area contributed by atoms with Crippen LogP contribution in [0.25, 0.3) is 21.5 Å². The maximum absolute atomic E-state index is 12.8. The Kier molecular flexibility index (Phi) is 5.90. The first-order chi connectivity index (χ1) is 13.5. The molecule has 0 aliphatic rings. The van der Waals surface area contributed by atoms with Crippen LogP contribution in [-0.4, -0.2) is 24.4 Å². The summed E-state index contributed by atoms with van der Waals surface area (Å²) in [6, 6.07) is 19.0. The van der Waals surface area contributed by atoms with Crippen LogP contribution in [0.4, 0.5) is 0 Å². The number of nitriles is 1. The number of fused-ring (bicyclic) bond motifs is 2. The van der Waals surface area contributed by atoms with Gasteiger partial charge in [-0.05, 0) is 58.1 Å². The molecule has 0 heterocycles. The van der Waals surface area contributed by atoms with Gasteiger partial charge in [0.2, 0.25) is 5.91 Å². The number of rotatable bonds is 6. The summed E-state index contributed by atoms with van der Waals surface area (Å²) in [4.78, 5) is 25.1. The molecule has 3 rings (SSSR count). The molecule has 1 atom stereocenters. The molecule has 0 aliphatic carbocycles. The van der Waals surface area contributed by atoms with E-state index >= 15 is 0 Å². The number of amides is 2. The van der Waals surface area contributed by atoms with Crippen LogP contribution in [0.15, 0.2) is 54.6 Å². The molecule has 2 amide bonds. The summed E-state index contributed by atoms with van der Waals surface area (Å²) in [6.45, 7) is 3.89. The lowest BCUT2D eigenvalue weighted by Crippen LogP contribution is -2.47. The Hall–Kier alpha value is -3.39. The van der Waals surface area contributed by atoms with Crippen LogP contribution in [0, 0.1) is 17.2 Å². The summed E-state index contributed by atoms with van der Waals surface area (Å²) in [5.41, 5.74) is 0.504. The summed E-state index contributed by atoms with van der Waals surface area (Å²) in [6.07, 6.45) is 0.501. The first kappa shape index (κ1) is 19.4. The minimum atomic E-state index is -0.673. The van der Waals surface area contributed by atoms with Gasteiger partial charge in [0.05, 0.1) is 6.07 Å².